The lowest BCUT2D eigenvalue weighted by atomic mass is 9.96. The third-order valence-corrected chi connectivity index (χ3v) is 6.16. The Labute approximate surface area is 190 Å². The lowest BCUT2D eigenvalue weighted by Gasteiger charge is -2.27. The van der Waals surface area contributed by atoms with E-state index in [1.54, 1.807) is 6.20 Å². The zero-order valence-corrected chi connectivity index (χ0v) is 19.0. The molecule has 170 valence electrons. The van der Waals surface area contributed by atoms with E-state index >= 15 is 0 Å². The fraction of sp³-hybridized carbons (Fsp3) is 0.423. The predicted molar refractivity (Wildman–Crippen MR) is 125 cm³/mol. The van der Waals surface area contributed by atoms with Crippen LogP contribution in [-0.2, 0) is 20.2 Å². The predicted octanol–water partition coefficient (Wildman–Crippen LogP) is 4.10. The van der Waals surface area contributed by atoms with Crippen LogP contribution in [0.25, 0.3) is 0 Å². The van der Waals surface area contributed by atoms with Crippen LogP contribution in [0.2, 0.25) is 0 Å². The Morgan fingerprint density at radius 1 is 0.969 bits per heavy atom. The molecule has 2 heterocycles. The average molecular weight is 436 g/mol. The molecule has 4 rings (SSSR count). The van der Waals surface area contributed by atoms with Gasteiger partial charge in [0.05, 0.1) is 5.60 Å². The Kier molecular flexibility index (Phi) is 7.12. The van der Waals surface area contributed by atoms with Gasteiger partial charge in [0.2, 0.25) is 0 Å². The van der Waals surface area contributed by atoms with E-state index in [0.29, 0.717) is 19.6 Å². The normalized spacial score (nSPS) is 19.5. The van der Waals surface area contributed by atoms with Gasteiger partial charge in [0.1, 0.15) is 30.5 Å². The Morgan fingerprint density at radius 3 is 2.41 bits per heavy atom. The van der Waals surface area contributed by atoms with E-state index in [4.69, 9.17) is 9.47 Å². The van der Waals surface area contributed by atoms with Gasteiger partial charge < -0.3 is 19.1 Å². The number of aromatic nitrogens is 2. The summed E-state index contributed by atoms with van der Waals surface area (Å²) in [5.41, 5.74) is 1.67. The summed E-state index contributed by atoms with van der Waals surface area (Å²) in [5, 5.41) is 11.1. The molecule has 6 heteroatoms. The van der Waals surface area contributed by atoms with E-state index in [1.807, 2.05) is 54.2 Å². The molecule has 1 atom stereocenters. The van der Waals surface area contributed by atoms with E-state index in [1.165, 1.54) is 11.1 Å². The maximum absolute atomic E-state index is 11.1. The summed E-state index contributed by atoms with van der Waals surface area (Å²) in [6, 6.07) is 16.3. The molecule has 32 heavy (non-hydrogen) atoms. The molecular formula is C26H33N3O3. The standard InChI is InChI=1S/C26H33N3O3/c1-21-4-8-24(9-5-21)32-20-26(30)12-3-15-29(16-13-26)18-22-6-10-23(11-7-22)31-19-25-27-14-17-28(25)2/h4-11,14,17,30H,3,12-13,15-16,18-20H2,1-2H3/t26-/m1/s1. The highest BCUT2D eigenvalue weighted by Gasteiger charge is 2.31. The molecule has 0 unspecified atom stereocenters. The van der Waals surface area contributed by atoms with Gasteiger partial charge in [0.25, 0.3) is 0 Å². The molecule has 1 aliphatic heterocycles. The minimum Gasteiger partial charge on any atom is -0.491 e. The minimum atomic E-state index is -0.775. The summed E-state index contributed by atoms with van der Waals surface area (Å²) < 4.78 is 13.7. The molecule has 1 saturated heterocycles. The number of rotatable bonds is 8. The molecule has 6 nitrogen and oxygen atoms in total. The van der Waals surface area contributed by atoms with Crippen molar-refractivity contribution in [3.8, 4) is 11.5 Å². The summed E-state index contributed by atoms with van der Waals surface area (Å²) in [7, 11) is 1.96. The quantitative estimate of drug-likeness (QED) is 0.577. The lowest BCUT2D eigenvalue weighted by molar-refractivity contribution is -0.0168. The van der Waals surface area contributed by atoms with Crippen molar-refractivity contribution in [2.24, 2.45) is 7.05 Å². The van der Waals surface area contributed by atoms with Gasteiger partial charge >= 0.3 is 0 Å². The highest BCUT2D eigenvalue weighted by atomic mass is 16.5. The van der Waals surface area contributed by atoms with Crippen LogP contribution >= 0.6 is 0 Å². The van der Waals surface area contributed by atoms with E-state index in [-0.39, 0.29) is 0 Å². The van der Waals surface area contributed by atoms with E-state index in [2.05, 4.69) is 28.9 Å². The monoisotopic (exact) mass is 435 g/mol. The van der Waals surface area contributed by atoms with Crippen molar-refractivity contribution in [2.45, 2.75) is 44.9 Å². The molecule has 0 spiro atoms. The molecule has 0 bridgehead atoms. The molecule has 3 aromatic rings. The maximum atomic E-state index is 11.1. The van der Waals surface area contributed by atoms with Gasteiger partial charge in [-0.05, 0) is 62.6 Å². The van der Waals surface area contributed by atoms with E-state index in [9.17, 15) is 5.11 Å². The van der Waals surface area contributed by atoms with Crippen molar-refractivity contribution in [3.63, 3.8) is 0 Å². The number of benzene rings is 2. The van der Waals surface area contributed by atoms with Gasteiger partial charge in [-0.1, -0.05) is 29.8 Å². The Balaban J connectivity index is 1.25. The Morgan fingerprint density at radius 2 is 1.69 bits per heavy atom. The second kappa shape index (κ2) is 10.2. The molecular weight excluding hydrogens is 402 g/mol. The highest BCUT2D eigenvalue weighted by molar-refractivity contribution is 5.28. The zero-order valence-electron chi connectivity index (χ0n) is 19.0. The maximum Gasteiger partial charge on any atom is 0.146 e. The summed E-state index contributed by atoms with van der Waals surface area (Å²) in [5.74, 6) is 2.56. The van der Waals surface area contributed by atoms with Crippen LogP contribution < -0.4 is 9.47 Å². The molecule has 1 aliphatic rings. The van der Waals surface area contributed by atoms with Crippen LogP contribution in [-0.4, -0.2) is 44.9 Å². The van der Waals surface area contributed by atoms with Gasteiger partial charge in [-0.15, -0.1) is 0 Å². The molecule has 1 aromatic heterocycles. The van der Waals surface area contributed by atoms with Gasteiger partial charge in [-0.3, -0.25) is 4.90 Å². The third kappa shape index (κ3) is 6.11. The van der Waals surface area contributed by atoms with Crippen molar-refractivity contribution in [3.05, 3.63) is 77.9 Å². The summed E-state index contributed by atoms with van der Waals surface area (Å²) in [6.07, 6.45) is 6.12. The van der Waals surface area contributed by atoms with Gasteiger partial charge in [0, 0.05) is 32.5 Å². The number of likely N-dealkylation sites (tertiary alicyclic amines) is 1. The largest absolute Gasteiger partial charge is 0.491 e. The minimum absolute atomic E-state index is 0.339. The molecule has 2 aromatic carbocycles. The van der Waals surface area contributed by atoms with Gasteiger partial charge in [0.15, 0.2) is 0 Å². The van der Waals surface area contributed by atoms with Gasteiger partial charge in [-0.2, -0.15) is 0 Å². The van der Waals surface area contributed by atoms with Crippen LogP contribution in [0.3, 0.4) is 0 Å². The van der Waals surface area contributed by atoms with Crippen LogP contribution in [0.1, 0.15) is 36.2 Å². The van der Waals surface area contributed by atoms with Crippen LogP contribution in [0, 0.1) is 6.92 Å². The fourth-order valence-electron chi connectivity index (χ4n) is 4.02. The number of hydrogen-bond donors (Lipinski definition) is 1. The number of imidazole rings is 1. The number of hydrogen-bond acceptors (Lipinski definition) is 5. The number of aryl methyl sites for hydroxylation is 2. The van der Waals surface area contributed by atoms with Crippen LogP contribution in [0.15, 0.2) is 60.9 Å². The molecule has 1 N–H and O–H groups in total. The Hall–Kier alpha value is -2.83. The average Bonchev–Trinajstić information content (AvgIpc) is 3.12. The third-order valence-electron chi connectivity index (χ3n) is 6.16. The molecule has 0 saturated carbocycles. The highest BCUT2D eigenvalue weighted by Crippen LogP contribution is 2.25. The van der Waals surface area contributed by atoms with Crippen molar-refractivity contribution < 1.29 is 14.6 Å². The number of aliphatic hydroxyl groups is 1. The first-order valence-corrected chi connectivity index (χ1v) is 11.3. The van der Waals surface area contributed by atoms with Crippen LogP contribution in [0.5, 0.6) is 11.5 Å². The van der Waals surface area contributed by atoms with Crippen molar-refractivity contribution in [2.75, 3.05) is 19.7 Å². The first-order valence-electron chi connectivity index (χ1n) is 11.3. The van der Waals surface area contributed by atoms with E-state index < -0.39 is 5.60 Å². The summed E-state index contributed by atoms with van der Waals surface area (Å²) in [4.78, 5) is 6.69. The summed E-state index contributed by atoms with van der Waals surface area (Å²) >= 11 is 0. The first-order chi connectivity index (χ1) is 15.5. The van der Waals surface area contributed by atoms with Crippen molar-refractivity contribution >= 4 is 0 Å². The lowest BCUT2D eigenvalue weighted by Crippen LogP contribution is -2.37. The van der Waals surface area contributed by atoms with Crippen molar-refractivity contribution in [1.29, 1.82) is 0 Å². The second-order valence-electron chi connectivity index (χ2n) is 8.84. The van der Waals surface area contributed by atoms with Crippen molar-refractivity contribution in [1.82, 2.24) is 14.5 Å². The van der Waals surface area contributed by atoms with Gasteiger partial charge in [-0.25, -0.2) is 4.98 Å². The zero-order chi connectivity index (χ0) is 22.4. The number of nitrogens with zero attached hydrogens (tertiary/aromatic N) is 3. The molecule has 1 fully saturated rings. The first kappa shape index (κ1) is 22.4. The smallest absolute Gasteiger partial charge is 0.146 e. The molecule has 0 aliphatic carbocycles. The fourth-order valence-corrected chi connectivity index (χ4v) is 4.02. The summed E-state index contributed by atoms with van der Waals surface area (Å²) in [6.45, 7) is 5.55. The second-order valence-corrected chi connectivity index (χ2v) is 8.84. The van der Waals surface area contributed by atoms with Crippen LogP contribution in [0.4, 0.5) is 0 Å². The number of ether oxygens (including phenoxy) is 2. The Bertz CT molecular complexity index is 984. The SMILES string of the molecule is Cc1ccc(OC[C@@]2(O)CCCN(Cc3ccc(OCc4nccn4C)cc3)CC2)cc1. The topological polar surface area (TPSA) is 59.8 Å². The molecule has 0 radical (unpaired) electrons. The van der Waals surface area contributed by atoms with E-state index in [0.717, 1.165) is 49.8 Å². The molecule has 0 amide bonds.